The van der Waals surface area contributed by atoms with Crippen LogP contribution in [0.3, 0.4) is 0 Å². The molecule has 1 atom stereocenters. The van der Waals surface area contributed by atoms with Crippen LogP contribution in [0.5, 0.6) is 5.75 Å². The lowest BCUT2D eigenvalue weighted by molar-refractivity contribution is -0.119. The Bertz CT molecular complexity index is 1560. The van der Waals surface area contributed by atoms with Crippen LogP contribution >= 0.6 is 11.6 Å². The van der Waals surface area contributed by atoms with Gasteiger partial charge in [-0.2, -0.15) is 0 Å². The van der Waals surface area contributed by atoms with Crippen molar-refractivity contribution >= 4 is 46.4 Å². The van der Waals surface area contributed by atoms with E-state index in [2.05, 4.69) is 9.89 Å². The zero-order valence-corrected chi connectivity index (χ0v) is 23.5. The standard InChI is InChI=1S/C32H30ClN5O3/c1-36-21-20-35-30(36)22-12-16-25(17-13-22)37(24-8-4-3-5-9-24)31(39)29(27-10-6-7-11-28(27)41-2)38(32(34)40)26-18-14-23(33)15-19-26/h3-19,29H,20-21H2,1-2H3,(H2,34,40). The van der Waals surface area contributed by atoms with E-state index in [-0.39, 0.29) is 0 Å². The first-order chi connectivity index (χ1) is 19.9. The summed E-state index contributed by atoms with van der Waals surface area (Å²) in [5, 5.41) is 0.488. The maximum absolute atomic E-state index is 14.9. The highest BCUT2D eigenvalue weighted by Gasteiger charge is 2.38. The minimum Gasteiger partial charge on any atom is -0.496 e. The van der Waals surface area contributed by atoms with E-state index in [0.717, 1.165) is 24.5 Å². The van der Waals surface area contributed by atoms with Crippen LogP contribution in [0.4, 0.5) is 21.9 Å². The highest BCUT2D eigenvalue weighted by atomic mass is 35.5. The van der Waals surface area contributed by atoms with Crippen LogP contribution in [0.15, 0.2) is 108 Å². The molecule has 41 heavy (non-hydrogen) atoms. The normalized spacial score (nSPS) is 13.3. The van der Waals surface area contributed by atoms with Crippen molar-refractivity contribution in [2.45, 2.75) is 6.04 Å². The third kappa shape index (κ3) is 5.73. The number of hydrogen-bond donors (Lipinski definition) is 1. The molecule has 3 amide bonds. The molecule has 0 saturated heterocycles. The average Bonchev–Trinajstić information content (AvgIpc) is 3.43. The molecule has 1 aliphatic heterocycles. The summed E-state index contributed by atoms with van der Waals surface area (Å²) in [6.07, 6.45) is 0. The first-order valence-corrected chi connectivity index (χ1v) is 13.5. The Balaban J connectivity index is 1.67. The van der Waals surface area contributed by atoms with E-state index in [9.17, 15) is 9.59 Å². The fourth-order valence-corrected chi connectivity index (χ4v) is 5.11. The van der Waals surface area contributed by atoms with E-state index >= 15 is 0 Å². The van der Waals surface area contributed by atoms with Crippen LogP contribution in [-0.2, 0) is 4.79 Å². The summed E-state index contributed by atoms with van der Waals surface area (Å²) in [6.45, 7) is 1.61. The van der Waals surface area contributed by atoms with Crippen LogP contribution < -0.4 is 20.3 Å². The number of anilines is 3. The van der Waals surface area contributed by atoms with Crippen molar-refractivity contribution in [2.24, 2.45) is 10.7 Å². The molecule has 1 aliphatic rings. The molecule has 0 bridgehead atoms. The molecule has 2 N–H and O–H groups in total. The summed E-state index contributed by atoms with van der Waals surface area (Å²) in [4.78, 5) is 37.5. The summed E-state index contributed by atoms with van der Waals surface area (Å²) >= 11 is 6.14. The Morgan fingerprint density at radius 1 is 0.878 bits per heavy atom. The van der Waals surface area contributed by atoms with Crippen LogP contribution in [0.2, 0.25) is 5.02 Å². The number of likely N-dealkylation sites (N-methyl/N-ethyl adjacent to an activating group) is 1. The van der Waals surface area contributed by atoms with Crippen molar-refractivity contribution in [3.05, 3.63) is 119 Å². The molecule has 0 fully saturated rings. The Labute approximate surface area is 244 Å². The predicted molar refractivity (Wildman–Crippen MR) is 163 cm³/mol. The largest absolute Gasteiger partial charge is 0.496 e. The van der Waals surface area contributed by atoms with E-state index in [1.807, 2.05) is 61.6 Å². The fourth-order valence-electron chi connectivity index (χ4n) is 4.99. The number of nitrogens with zero attached hydrogens (tertiary/aromatic N) is 4. The Morgan fingerprint density at radius 3 is 2.10 bits per heavy atom. The van der Waals surface area contributed by atoms with Gasteiger partial charge >= 0.3 is 6.03 Å². The number of carbonyl (C=O) groups is 2. The summed E-state index contributed by atoms with van der Waals surface area (Å²) in [5.41, 5.74) is 9.07. The van der Waals surface area contributed by atoms with E-state index < -0.39 is 18.0 Å². The number of urea groups is 1. The first-order valence-electron chi connectivity index (χ1n) is 13.1. The highest BCUT2D eigenvalue weighted by molar-refractivity contribution is 6.30. The van der Waals surface area contributed by atoms with Crippen molar-refractivity contribution in [1.82, 2.24) is 4.90 Å². The lowest BCUT2D eigenvalue weighted by Crippen LogP contribution is -2.47. The van der Waals surface area contributed by atoms with Crippen molar-refractivity contribution < 1.29 is 14.3 Å². The van der Waals surface area contributed by atoms with E-state index in [0.29, 0.717) is 33.4 Å². The lowest BCUT2D eigenvalue weighted by atomic mass is 10.0. The minimum absolute atomic E-state index is 0.405. The second-order valence-electron chi connectivity index (χ2n) is 9.51. The lowest BCUT2D eigenvalue weighted by Gasteiger charge is -2.35. The third-order valence-corrected chi connectivity index (χ3v) is 7.20. The van der Waals surface area contributed by atoms with Gasteiger partial charge in [0.15, 0.2) is 0 Å². The van der Waals surface area contributed by atoms with Crippen molar-refractivity contribution in [3.8, 4) is 5.75 Å². The topological polar surface area (TPSA) is 91.5 Å². The van der Waals surface area contributed by atoms with Gasteiger partial charge in [-0.25, -0.2) is 4.79 Å². The number of methoxy groups -OCH3 is 1. The SMILES string of the molecule is COc1ccccc1C(C(=O)N(c1ccccc1)c1ccc(C2=NCCN2C)cc1)N(C(N)=O)c1ccc(Cl)cc1. The van der Waals surface area contributed by atoms with Gasteiger partial charge in [0.25, 0.3) is 5.91 Å². The fraction of sp³-hybridized carbons (Fsp3) is 0.156. The Morgan fingerprint density at radius 2 is 1.49 bits per heavy atom. The zero-order valence-electron chi connectivity index (χ0n) is 22.8. The van der Waals surface area contributed by atoms with E-state index in [1.165, 1.54) is 12.0 Å². The highest BCUT2D eigenvalue weighted by Crippen LogP contribution is 2.38. The van der Waals surface area contributed by atoms with E-state index in [1.54, 1.807) is 53.4 Å². The van der Waals surface area contributed by atoms with Crippen LogP contribution in [-0.4, -0.2) is 49.9 Å². The van der Waals surface area contributed by atoms with Gasteiger partial charge in [-0.05, 0) is 66.7 Å². The quantitative estimate of drug-likeness (QED) is 0.281. The molecule has 5 rings (SSSR count). The van der Waals surface area contributed by atoms with Gasteiger partial charge in [-0.1, -0.05) is 48.0 Å². The molecular weight excluding hydrogens is 538 g/mol. The summed E-state index contributed by atoms with van der Waals surface area (Å²) in [7, 11) is 3.53. The van der Waals surface area contributed by atoms with Gasteiger partial charge in [0.05, 0.1) is 13.7 Å². The number of hydrogen-bond acceptors (Lipinski definition) is 5. The third-order valence-electron chi connectivity index (χ3n) is 6.94. The molecule has 0 aromatic heterocycles. The van der Waals surface area contributed by atoms with Gasteiger partial charge in [0.1, 0.15) is 17.6 Å². The first kappa shape index (κ1) is 27.7. The van der Waals surface area contributed by atoms with Crippen molar-refractivity contribution in [3.63, 3.8) is 0 Å². The molecule has 9 heteroatoms. The number of nitrogens with two attached hydrogens (primary N) is 1. The molecule has 0 saturated carbocycles. The molecule has 4 aromatic rings. The number of amides is 3. The zero-order chi connectivity index (χ0) is 28.9. The molecule has 1 unspecified atom stereocenters. The number of ether oxygens (including phenoxy) is 1. The van der Waals surface area contributed by atoms with Crippen LogP contribution in [0, 0.1) is 0 Å². The van der Waals surface area contributed by atoms with Gasteiger partial charge in [-0.15, -0.1) is 0 Å². The van der Waals surface area contributed by atoms with E-state index in [4.69, 9.17) is 22.1 Å². The molecule has 1 heterocycles. The minimum atomic E-state index is -1.17. The summed E-state index contributed by atoms with van der Waals surface area (Å²) in [5.74, 6) is 0.943. The molecule has 4 aromatic carbocycles. The maximum atomic E-state index is 14.9. The maximum Gasteiger partial charge on any atom is 0.320 e. The molecule has 0 radical (unpaired) electrons. The number of primary amides is 1. The second kappa shape index (κ2) is 12.1. The second-order valence-corrected chi connectivity index (χ2v) is 9.95. The van der Waals surface area contributed by atoms with Crippen molar-refractivity contribution in [2.75, 3.05) is 37.0 Å². The van der Waals surface area contributed by atoms with Gasteiger partial charge in [0.2, 0.25) is 0 Å². The predicted octanol–water partition coefficient (Wildman–Crippen LogP) is 6.03. The molecular formula is C32H30ClN5O3. The number of carbonyl (C=O) groups excluding carboxylic acids is 2. The molecule has 208 valence electrons. The number of amidine groups is 1. The number of aliphatic imine (C=N–C) groups is 1. The Kier molecular flexibility index (Phi) is 8.21. The smallest absolute Gasteiger partial charge is 0.320 e. The number of rotatable bonds is 8. The average molecular weight is 568 g/mol. The van der Waals surface area contributed by atoms with Crippen LogP contribution in [0.25, 0.3) is 0 Å². The number of benzene rings is 4. The molecule has 0 aliphatic carbocycles. The van der Waals surface area contributed by atoms with Gasteiger partial charge < -0.3 is 15.4 Å². The number of para-hydroxylation sites is 2. The Hall–Kier alpha value is -4.82. The monoisotopic (exact) mass is 567 g/mol. The summed E-state index contributed by atoms with van der Waals surface area (Å²) in [6, 6.07) is 28.7. The molecule has 0 spiro atoms. The van der Waals surface area contributed by atoms with Crippen LogP contribution in [0.1, 0.15) is 17.2 Å². The molecule has 8 nitrogen and oxygen atoms in total. The van der Waals surface area contributed by atoms with Gasteiger partial charge in [-0.3, -0.25) is 19.6 Å². The summed E-state index contributed by atoms with van der Waals surface area (Å²) < 4.78 is 5.65. The van der Waals surface area contributed by atoms with Gasteiger partial charge in [0, 0.05) is 46.8 Å². The van der Waals surface area contributed by atoms with Crippen molar-refractivity contribution in [1.29, 1.82) is 0 Å². The number of halogens is 1.